The van der Waals surface area contributed by atoms with E-state index >= 15 is 0 Å². The number of nitrogens with zero attached hydrogens (tertiary/aromatic N) is 2. The maximum atomic E-state index is 12.0. The first-order chi connectivity index (χ1) is 9.88. The molecule has 0 fully saturated rings. The van der Waals surface area contributed by atoms with E-state index in [1.807, 2.05) is 0 Å². The highest BCUT2D eigenvalue weighted by Gasteiger charge is 2.15. The molecule has 0 saturated carbocycles. The van der Waals surface area contributed by atoms with Gasteiger partial charge in [0.05, 0.1) is 22.1 Å². The highest BCUT2D eigenvalue weighted by atomic mass is 32.2. The highest BCUT2D eigenvalue weighted by molar-refractivity contribution is 7.89. The Morgan fingerprint density at radius 1 is 1.24 bits per heavy atom. The summed E-state index contributed by atoms with van der Waals surface area (Å²) in [6.45, 7) is -0.0235. The molecule has 0 bridgehead atoms. The zero-order chi connectivity index (χ0) is 15.5. The van der Waals surface area contributed by atoms with Gasteiger partial charge in [-0.05, 0) is 24.3 Å². The number of hydrogen-bond acceptors (Lipinski definition) is 6. The van der Waals surface area contributed by atoms with Crippen LogP contribution >= 0.6 is 0 Å². The van der Waals surface area contributed by atoms with Gasteiger partial charge in [0.15, 0.2) is 0 Å². The van der Waals surface area contributed by atoms with Crippen LogP contribution < -0.4 is 10.5 Å². The number of pyridine rings is 1. The molecule has 3 N–H and O–H groups in total. The SMILES string of the molecule is Nc1ccnc(CNS(=O)(=O)c2ccc([N+](=O)[O-])cc2)c1. The lowest BCUT2D eigenvalue weighted by atomic mass is 10.3. The molecule has 0 atom stereocenters. The Labute approximate surface area is 120 Å². The van der Waals surface area contributed by atoms with E-state index in [-0.39, 0.29) is 17.1 Å². The first-order valence-electron chi connectivity index (χ1n) is 5.83. The number of hydrogen-bond donors (Lipinski definition) is 2. The third kappa shape index (κ3) is 3.74. The van der Waals surface area contributed by atoms with Crippen LogP contribution in [0.1, 0.15) is 5.69 Å². The summed E-state index contributed by atoms with van der Waals surface area (Å²) in [6.07, 6.45) is 1.48. The molecule has 1 heterocycles. The fraction of sp³-hybridized carbons (Fsp3) is 0.0833. The average molecular weight is 308 g/mol. The maximum Gasteiger partial charge on any atom is 0.269 e. The van der Waals surface area contributed by atoms with Gasteiger partial charge in [0, 0.05) is 24.0 Å². The molecule has 0 amide bonds. The van der Waals surface area contributed by atoms with Gasteiger partial charge in [-0.3, -0.25) is 15.1 Å². The van der Waals surface area contributed by atoms with Crippen molar-refractivity contribution < 1.29 is 13.3 Å². The Morgan fingerprint density at radius 2 is 1.90 bits per heavy atom. The van der Waals surface area contributed by atoms with Crippen molar-refractivity contribution in [2.75, 3.05) is 5.73 Å². The fourth-order valence-electron chi connectivity index (χ4n) is 1.59. The second kappa shape index (κ2) is 5.85. The third-order valence-electron chi connectivity index (χ3n) is 2.64. The van der Waals surface area contributed by atoms with Crippen LogP contribution in [0.25, 0.3) is 0 Å². The molecule has 21 heavy (non-hydrogen) atoms. The number of nitrogens with one attached hydrogen (secondary N) is 1. The molecule has 0 saturated heterocycles. The minimum atomic E-state index is -3.77. The van der Waals surface area contributed by atoms with Crippen LogP contribution in [0.3, 0.4) is 0 Å². The maximum absolute atomic E-state index is 12.0. The van der Waals surface area contributed by atoms with Crippen molar-refractivity contribution in [1.29, 1.82) is 0 Å². The van der Waals surface area contributed by atoms with Gasteiger partial charge in [-0.25, -0.2) is 13.1 Å². The van der Waals surface area contributed by atoms with E-state index in [1.54, 1.807) is 12.1 Å². The van der Waals surface area contributed by atoms with Gasteiger partial charge < -0.3 is 5.73 Å². The normalized spacial score (nSPS) is 11.2. The molecule has 0 spiro atoms. The summed E-state index contributed by atoms with van der Waals surface area (Å²) in [5.41, 5.74) is 6.35. The lowest BCUT2D eigenvalue weighted by Gasteiger charge is -2.06. The molecule has 8 nitrogen and oxygen atoms in total. The number of nitro benzene ring substituents is 1. The van der Waals surface area contributed by atoms with Gasteiger partial charge in [-0.1, -0.05) is 0 Å². The van der Waals surface area contributed by atoms with Crippen molar-refractivity contribution >= 4 is 21.4 Å². The number of rotatable bonds is 5. The van der Waals surface area contributed by atoms with Gasteiger partial charge >= 0.3 is 0 Å². The number of benzene rings is 1. The summed E-state index contributed by atoms with van der Waals surface area (Å²) >= 11 is 0. The van der Waals surface area contributed by atoms with Gasteiger partial charge in [0.2, 0.25) is 10.0 Å². The number of aromatic nitrogens is 1. The van der Waals surface area contributed by atoms with E-state index < -0.39 is 14.9 Å². The predicted octanol–water partition coefficient (Wildman–Crippen LogP) is 1.05. The van der Waals surface area contributed by atoms with Crippen LogP contribution in [-0.4, -0.2) is 18.3 Å². The largest absolute Gasteiger partial charge is 0.399 e. The number of nitrogen functional groups attached to an aromatic ring is 1. The molecule has 0 aliphatic heterocycles. The average Bonchev–Trinajstić information content (AvgIpc) is 2.45. The quantitative estimate of drug-likeness (QED) is 0.627. The van der Waals surface area contributed by atoms with Gasteiger partial charge in [-0.2, -0.15) is 0 Å². The molecule has 1 aromatic carbocycles. The molecule has 0 radical (unpaired) electrons. The predicted molar refractivity (Wildman–Crippen MR) is 75.8 cm³/mol. The Kier molecular flexibility index (Phi) is 4.15. The van der Waals surface area contributed by atoms with E-state index in [1.165, 1.54) is 18.3 Å². The van der Waals surface area contributed by atoms with Crippen molar-refractivity contribution in [3.8, 4) is 0 Å². The van der Waals surface area contributed by atoms with Gasteiger partial charge in [0.25, 0.3) is 5.69 Å². The molecule has 0 aliphatic rings. The molecular formula is C12H12N4O4S. The Balaban J connectivity index is 2.13. The molecule has 0 unspecified atom stereocenters. The second-order valence-electron chi connectivity index (χ2n) is 4.16. The van der Waals surface area contributed by atoms with Crippen LogP contribution in [0.15, 0.2) is 47.5 Å². The second-order valence-corrected chi connectivity index (χ2v) is 5.92. The Bertz CT molecular complexity index is 759. The third-order valence-corrected chi connectivity index (χ3v) is 4.06. The minimum absolute atomic E-state index is 0.0235. The number of sulfonamides is 1. The number of nitrogens with two attached hydrogens (primary N) is 1. The smallest absolute Gasteiger partial charge is 0.269 e. The summed E-state index contributed by atoms with van der Waals surface area (Å²) in [4.78, 5) is 13.8. The van der Waals surface area contributed by atoms with E-state index in [0.29, 0.717) is 11.4 Å². The van der Waals surface area contributed by atoms with E-state index in [4.69, 9.17) is 5.73 Å². The lowest BCUT2D eigenvalue weighted by molar-refractivity contribution is -0.384. The fourth-order valence-corrected chi connectivity index (χ4v) is 2.59. The van der Waals surface area contributed by atoms with Crippen LogP contribution in [-0.2, 0) is 16.6 Å². The van der Waals surface area contributed by atoms with Crippen molar-refractivity contribution in [3.63, 3.8) is 0 Å². The zero-order valence-electron chi connectivity index (χ0n) is 10.8. The number of non-ortho nitro benzene ring substituents is 1. The van der Waals surface area contributed by atoms with Crippen LogP contribution in [0.5, 0.6) is 0 Å². The van der Waals surface area contributed by atoms with Crippen LogP contribution in [0, 0.1) is 10.1 Å². The number of nitro groups is 1. The summed E-state index contributed by atoms with van der Waals surface area (Å²) in [7, 11) is -3.77. The molecule has 9 heteroatoms. The standard InChI is InChI=1S/C12H12N4O4S/c13-9-5-6-14-10(7-9)8-15-21(19,20)12-3-1-11(2-4-12)16(17)18/h1-7,15H,8H2,(H2,13,14). The number of anilines is 1. The van der Waals surface area contributed by atoms with Gasteiger partial charge in [-0.15, -0.1) is 0 Å². The summed E-state index contributed by atoms with van der Waals surface area (Å²) < 4.78 is 26.4. The summed E-state index contributed by atoms with van der Waals surface area (Å²) in [5.74, 6) is 0. The first kappa shape index (κ1) is 14.9. The highest BCUT2D eigenvalue weighted by Crippen LogP contribution is 2.16. The first-order valence-corrected chi connectivity index (χ1v) is 7.31. The molecule has 1 aromatic heterocycles. The topological polar surface area (TPSA) is 128 Å². The Hall–Kier alpha value is -2.52. The molecular weight excluding hydrogens is 296 g/mol. The van der Waals surface area contributed by atoms with Crippen LogP contribution in [0.2, 0.25) is 0 Å². The van der Waals surface area contributed by atoms with Crippen molar-refractivity contribution in [2.24, 2.45) is 0 Å². The molecule has 110 valence electrons. The Morgan fingerprint density at radius 3 is 2.48 bits per heavy atom. The van der Waals surface area contributed by atoms with Crippen LogP contribution in [0.4, 0.5) is 11.4 Å². The lowest BCUT2D eigenvalue weighted by Crippen LogP contribution is -2.23. The monoisotopic (exact) mass is 308 g/mol. The van der Waals surface area contributed by atoms with Crippen molar-refractivity contribution in [1.82, 2.24) is 9.71 Å². The van der Waals surface area contributed by atoms with Crippen molar-refractivity contribution in [3.05, 3.63) is 58.4 Å². The molecule has 0 aliphatic carbocycles. The van der Waals surface area contributed by atoms with E-state index in [2.05, 4.69) is 9.71 Å². The van der Waals surface area contributed by atoms with Gasteiger partial charge in [0.1, 0.15) is 0 Å². The summed E-state index contributed by atoms with van der Waals surface area (Å²) in [6, 6.07) is 7.76. The molecule has 2 rings (SSSR count). The van der Waals surface area contributed by atoms with E-state index in [9.17, 15) is 18.5 Å². The summed E-state index contributed by atoms with van der Waals surface area (Å²) in [5, 5.41) is 10.5. The van der Waals surface area contributed by atoms with E-state index in [0.717, 1.165) is 12.1 Å². The zero-order valence-corrected chi connectivity index (χ0v) is 11.6. The molecule has 2 aromatic rings. The van der Waals surface area contributed by atoms with Crippen molar-refractivity contribution in [2.45, 2.75) is 11.4 Å². The minimum Gasteiger partial charge on any atom is -0.399 e.